The monoisotopic (exact) mass is 241 g/mol. The van der Waals surface area contributed by atoms with Crippen LogP contribution in [0.4, 0.5) is 5.69 Å². The zero-order valence-electron chi connectivity index (χ0n) is 10.5. The van der Waals surface area contributed by atoms with Gasteiger partial charge in [-0.15, -0.1) is 11.6 Å². The Bertz CT molecular complexity index is 339. The van der Waals surface area contributed by atoms with E-state index in [9.17, 15) is 0 Å². The summed E-state index contributed by atoms with van der Waals surface area (Å²) in [4.78, 5) is 2.12. The molecule has 0 aliphatic carbocycles. The Kier molecular flexibility index (Phi) is 4.94. The number of benzene rings is 1. The van der Waals surface area contributed by atoms with E-state index in [2.05, 4.69) is 30.9 Å². The maximum atomic E-state index is 5.76. The lowest BCUT2D eigenvalue weighted by Gasteiger charge is -2.22. The molecule has 16 heavy (non-hydrogen) atoms. The van der Waals surface area contributed by atoms with Gasteiger partial charge in [0.2, 0.25) is 0 Å². The van der Waals surface area contributed by atoms with Crippen LogP contribution >= 0.6 is 11.6 Å². The lowest BCUT2D eigenvalue weighted by atomic mass is 10.0. The van der Waals surface area contributed by atoms with Crippen LogP contribution in [-0.4, -0.2) is 26.6 Å². The van der Waals surface area contributed by atoms with Crippen molar-refractivity contribution in [2.24, 2.45) is 0 Å². The Hall–Kier alpha value is -0.890. The van der Waals surface area contributed by atoms with E-state index in [4.69, 9.17) is 16.3 Å². The van der Waals surface area contributed by atoms with Crippen molar-refractivity contribution in [3.63, 3.8) is 0 Å². The first-order valence-electron chi connectivity index (χ1n) is 5.55. The molecule has 1 aromatic rings. The first kappa shape index (κ1) is 13.2. The molecule has 90 valence electrons. The molecule has 0 aliphatic heterocycles. The average Bonchev–Trinajstić information content (AvgIpc) is 2.28. The van der Waals surface area contributed by atoms with E-state index in [1.807, 2.05) is 13.1 Å². The number of halogens is 1. The molecular formula is C13H20ClNO. The largest absolute Gasteiger partial charge is 0.495 e. The number of rotatable bonds is 5. The van der Waals surface area contributed by atoms with E-state index < -0.39 is 0 Å². The molecule has 0 saturated carbocycles. The molecule has 0 N–H and O–H groups in total. The SMILES string of the molecule is COc1ccc(C(C)C)cc1N(C)CCCl. The lowest BCUT2D eigenvalue weighted by Crippen LogP contribution is -2.20. The first-order chi connectivity index (χ1) is 7.60. The van der Waals surface area contributed by atoms with Crippen molar-refractivity contribution in [2.45, 2.75) is 19.8 Å². The molecule has 1 aromatic carbocycles. The highest BCUT2D eigenvalue weighted by atomic mass is 35.5. The molecule has 0 unspecified atom stereocenters. The molecule has 0 aliphatic rings. The number of ether oxygens (including phenoxy) is 1. The fourth-order valence-electron chi connectivity index (χ4n) is 1.61. The maximum absolute atomic E-state index is 5.76. The van der Waals surface area contributed by atoms with Crippen LogP contribution in [0.3, 0.4) is 0 Å². The summed E-state index contributed by atoms with van der Waals surface area (Å²) in [5.74, 6) is 2.04. The van der Waals surface area contributed by atoms with Gasteiger partial charge in [0.25, 0.3) is 0 Å². The second-order valence-corrected chi connectivity index (χ2v) is 4.57. The molecule has 0 spiro atoms. The molecule has 0 fully saturated rings. The van der Waals surface area contributed by atoms with E-state index in [1.165, 1.54) is 5.56 Å². The minimum atomic E-state index is 0.522. The predicted octanol–water partition coefficient (Wildman–Crippen LogP) is 3.49. The number of alkyl halides is 1. The Morgan fingerprint density at radius 2 is 2.06 bits per heavy atom. The van der Waals surface area contributed by atoms with Crippen molar-refractivity contribution < 1.29 is 4.74 Å². The topological polar surface area (TPSA) is 12.5 Å². The number of methoxy groups -OCH3 is 1. The van der Waals surface area contributed by atoms with E-state index in [0.29, 0.717) is 11.8 Å². The van der Waals surface area contributed by atoms with Crippen molar-refractivity contribution in [1.82, 2.24) is 0 Å². The van der Waals surface area contributed by atoms with Crippen molar-refractivity contribution >= 4 is 17.3 Å². The van der Waals surface area contributed by atoms with Gasteiger partial charge in [-0.1, -0.05) is 19.9 Å². The lowest BCUT2D eigenvalue weighted by molar-refractivity contribution is 0.415. The van der Waals surface area contributed by atoms with Gasteiger partial charge in [-0.2, -0.15) is 0 Å². The highest BCUT2D eigenvalue weighted by molar-refractivity contribution is 6.18. The van der Waals surface area contributed by atoms with Gasteiger partial charge in [0, 0.05) is 19.5 Å². The van der Waals surface area contributed by atoms with E-state index in [-0.39, 0.29) is 0 Å². The van der Waals surface area contributed by atoms with Crippen LogP contribution in [0.1, 0.15) is 25.3 Å². The van der Waals surface area contributed by atoms with E-state index in [1.54, 1.807) is 7.11 Å². The molecule has 0 aromatic heterocycles. The summed E-state index contributed by atoms with van der Waals surface area (Å²) in [7, 11) is 3.73. The first-order valence-corrected chi connectivity index (χ1v) is 6.08. The Morgan fingerprint density at radius 3 is 2.56 bits per heavy atom. The van der Waals surface area contributed by atoms with Gasteiger partial charge in [0.05, 0.1) is 12.8 Å². The highest BCUT2D eigenvalue weighted by Gasteiger charge is 2.10. The molecule has 0 heterocycles. The van der Waals surface area contributed by atoms with Crippen molar-refractivity contribution in [3.8, 4) is 5.75 Å². The minimum absolute atomic E-state index is 0.522. The second kappa shape index (κ2) is 6.00. The van der Waals surface area contributed by atoms with E-state index in [0.717, 1.165) is 18.0 Å². The molecule has 1 rings (SSSR count). The fraction of sp³-hybridized carbons (Fsp3) is 0.538. The summed E-state index contributed by atoms with van der Waals surface area (Å²) >= 11 is 5.76. The quantitative estimate of drug-likeness (QED) is 0.732. The smallest absolute Gasteiger partial charge is 0.142 e. The van der Waals surface area contributed by atoms with Crippen LogP contribution in [0.2, 0.25) is 0 Å². The standard InChI is InChI=1S/C13H20ClNO/c1-10(2)11-5-6-13(16-4)12(9-11)15(3)8-7-14/h5-6,9-10H,7-8H2,1-4H3. The van der Waals surface area contributed by atoms with Crippen molar-refractivity contribution in [2.75, 3.05) is 31.5 Å². The van der Waals surface area contributed by atoms with Crippen LogP contribution in [0, 0.1) is 0 Å². The summed E-state index contributed by atoms with van der Waals surface area (Å²) < 4.78 is 5.36. The van der Waals surface area contributed by atoms with Crippen molar-refractivity contribution in [3.05, 3.63) is 23.8 Å². The Labute approximate surface area is 103 Å². The van der Waals surface area contributed by atoms with Gasteiger partial charge in [0.15, 0.2) is 0 Å². The summed E-state index contributed by atoms with van der Waals surface area (Å²) in [6.45, 7) is 5.19. The third-order valence-corrected chi connectivity index (χ3v) is 2.87. The van der Waals surface area contributed by atoms with Gasteiger partial charge in [-0.25, -0.2) is 0 Å². The summed E-state index contributed by atoms with van der Waals surface area (Å²) in [5, 5.41) is 0. The van der Waals surface area contributed by atoms with Crippen LogP contribution in [0.5, 0.6) is 5.75 Å². The number of hydrogen-bond donors (Lipinski definition) is 0. The van der Waals surface area contributed by atoms with E-state index >= 15 is 0 Å². The molecule has 0 atom stereocenters. The minimum Gasteiger partial charge on any atom is -0.495 e. The summed E-state index contributed by atoms with van der Waals surface area (Å²) in [6.07, 6.45) is 0. The molecule has 0 radical (unpaired) electrons. The third-order valence-electron chi connectivity index (χ3n) is 2.70. The number of hydrogen-bond acceptors (Lipinski definition) is 2. The van der Waals surface area contributed by atoms with Crippen LogP contribution in [-0.2, 0) is 0 Å². The maximum Gasteiger partial charge on any atom is 0.142 e. The van der Waals surface area contributed by atoms with Crippen LogP contribution < -0.4 is 9.64 Å². The highest BCUT2D eigenvalue weighted by Crippen LogP contribution is 2.30. The third kappa shape index (κ3) is 3.05. The zero-order valence-corrected chi connectivity index (χ0v) is 11.2. The molecule has 2 nitrogen and oxygen atoms in total. The number of anilines is 1. The van der Waals surface area contributed by atoms with Gasteiger partial charge in [0.1, 0.15) is 5.75 Å². The van der Waals surface area contributed by atoms with Gasteiger partial charge >= 0.3 is 0 Å². The average molecular weight is 242 g/mol. The molecule has 0 bridgehead atoms. The Balaban J connectivity index is 3.06. The summed E-state index contributed by atoms with van der Waals surface area (Å²) in [5.41, 5.74) is 2.42. The van der Waals surface area contributed by atoms with Gasteiger partial charge < -0.3 is 9.64 Å². The number of nitrogens with zero attached hydrogens (tertiary/aromatic N) is 1. The summed E-state index contributed by atoms with van der Waals surface area (Å²) in [6, 6.07) is 6.31. The zero-order chi connectivity index (χ0) is 12.1. The van der Waals surface area contributed by atoms with Crippen LogP contribution in [0.15, 0.2) is 18.2 Å². The molecule has 0 saturated heterocycles. The fourth-order valence-corrected chi connectivity index (χ4v) is 1.87. The molecular weight excluding hydrogens is 222 g/mol. The molecule has 3 heteroatoms. The van der Waals surface area contributed by atoms with Gasteiger partial charge in [-0.05, 0) is 23.6 Å². The predicted molar refractivity (Wildman–Crippen MR) is 71.1 cm³/mol. The van der Waals surface area contributed by atoms with Crippen LogP contribution in [0.25, 0.3) is 0 Å². The van der Waals surface area contributed by atoms with Crippen molar-refractivity contribution in [1.29, 1.82) is 0 Å². The normalized spacial score (nSPS) is 10.6. The Morgan fingerprint density at radius 1 is 1.38 bits per heavy atom. The molecule has 0 amide bonds. The second-order valence-electron chi connectivity index (χ2n) is 4.20. The van der Waals surface area contributed by atoms with Gasteiger partial charge in [-0.3, -0.25) is 0 Å².